The standard InChI is InChI=1S/C25H22ClFN6O2/c26-16-1-3-17(4-2-16)30-25(34)31-18-5-7-20(27)23(13-18)35-19-6-8-21-22(14-19)32-24(15-29-21)33-11-9-28-10-12-33/h1-8,13-15,28H,9-12H2,(H2,30,31,34). The summed E-state index contributed by atoms with van der Waals surface area (Å²) in [6.07, 6.45) is 1.76. The number of fused-ring (bicyclic) bond motifs is 1. The molecule has 3 aromatic carbocycles. The summed E-state index contributed by atoms with van der Waals surface area (Å²) in [4.78, 5) is 23.7. The summed E-state index contributed by atoms with van der Waals surface area (Å²) in [6, 6.07) is 15.5. The van der Waals surface area contributed by atoms with Crippen LogP contribution < -0.4 is 25.6 Å². The number of carbonyl (C=O) groups is 1. The molecule has 178 valence electrons. The van der Waals surface area contributed by atoms with Gasteiger partial charge in [-0.15, -0.1) is 0 Å². The van der Waals surface area contributed by atoms with E-state index >= 15 is 0 Å². The van der Waals surface area contributed by atoms with Crippen molar-refractivity contribution in [3.63, 3.8) is 0 Å². The third-order valence-electron chi connectivity index (χ3n) is 5.46. The van der Waals surface area contributed by atoms with Crippen LogP contribution in [-0.2, 0) is 0 Å². The molecule has 2 amide bonds. The molecular weight excluding hydrogens is 471 g/mol. The molecule has 3 N–H and O–H groups in total. The lowest BCUT2D eigenvalue weighted by molar-refractivity contribution is 0.262. The first-order valence-corrected chi connectivity index (χ1v) is 11.4. The Morgan fingerprint density at radius 1 is 0.971 bits per heavy atom. The predicted octanol–water partition coefficient (Wildman–Crippen LogP) is 5.27. The Labute approximate surface area is 206 Å². The average molecular weight is 493 g/mol. The van der Waals surface area contributed by atoms with Gasteiger partial charge in [0.1, 0.15) is 11.6 Å². The number of hydrogen-bond acceptors (Lipinski definition) is 6. The SMILES string of the molecule is O=C(Nc1ccc(Cl)cc1)Nc1ccc(F)c(Oc2ccc3ncc(N4CCNCC4)nc3c2)c1. The average Bonchev–Trinajstić information content (AvgIpc) is 2.87. The van der Waals surface area contributed by atoms with Gasteiger partial charge in [-0.05, 0) is 48.5 Å². The van der Waals surface area contributed by atoms with Crippen LogP contribution in [0.1, 0.15) is 0 Å². The number of urea groups is 1. The maximum Gasteiger partial charge on any atom is 0.323 e. The van der Waals surface area contributed by atoms with Crippen molar-refractivity contribution in [2.45, 2.75) is 0 Å². The van der Waals surface area contributed by atoms with Crippen LogP contribution in [0.15, 0.2) is 66.9 Å². The molecule has 0 aliphatic carbocycles. The summed E-state index contributed by atoms with van der Waals surface area (Å²) in [6.45, 7) is 3.49. The summed E-state index contributed by atoms with van der Waals surface area (Å²) in [5.41, 5.74) is 2.30. The first-order chi connectivity index (χ1) is 17.0. The van der Waals surface area contributed by atoms with Gasteiger partial charge >= 0.3 is 6.03 Å². The van der Waals surface area contributed by atoms with Gasteiger partial charge < -0.3 is 25.6 Å². The Hall–Kier alpha value is -3.95. The van der Waals surface area contributed by atoms with Crippen LogP contribution in [0.2, 0.25) is 5.02 Å². The highest BCUT2D eigenvalue weighted by Gasteiger charge is 2.14. The van der Waals surface area contributed by atoms with Gasteiger partial charge in [-0.2, -0.15) is 0 Å². The number of nitrogens with zero attached hydrogens (tertiary/aromatic N) is 3. The minimum absolute atomic E-state index is 0.0279. The minimum atomic E-state index is -0.561. The van der Waals surface area contributed by atoms with E-state index in [4.69, 9.17) is 21.3 Å². The molecule has 10 heteroatoms. The predicted molar refractivity (Wildman–Crippen MR) is 135 cm³/mol. The van der Waals surface area contributed by atoms with E-state index in [0.717, 1.165) is 32.0 Å². The fourth-order valence-corrected chi connectivity index (χ4v) is 3.83. The van der Waals surface area contributed by atoms with Gasteiger partial charge in [0.15, 0.2) is 11.6 Å². The van der Waals surface area contributed by atoms with Gasteiger partial charge in [-0.1, -0.05) is 11.6 Å². The van der Waals surface area contributed by atoms with E-state index in [2.05, 4.69) is 25.8 Å². The lowest BCUT2D eigenvalue weighted by atomic mass is 10.2. The molecule has 1 aliphatic rings. The van der Waals surface area contributed by atoms with Gasteiger partial charge in [0, 0.05) is 54.7 Å². The number of piperazine rings is 1. The van der Waals surface area contributed by atoms with Crippen LogP contribution in [0, 0.1) is 5.82 Å². The van der Waals surface area contributed by atoms with Crippen LogP contribution in [0.4, 0.5) is 26.4 Å². The zero-order valence-electron chi connectivity index (χ0n) is 18.6. The summed E-state index contributed by atoms with van der Waals surface area (Å²) in [7, 11) is 0. The Kier molecular flexibility index (Phi) is 6.60. The van der Waals surface area contributed by atoms with Crippen molar-refractivity contribution in [2.75, 3.05) is 41.7 Å². The third kappa shape index (κ3) is 5.59. The van der Waals surface area contributed by atoms with E-state index in [1.165, 1.54) is 18.2 Å². The molecule has 0 saturated carbocycles. The number of carbonyl (C=O) groups excluding carboxylic acids is 1. The molecule has 0 unspecified atom stereocenters. The van der Waals surface area contributed by atoms with Crippen molar-refractivity contribution in [1.29, 1.82) is 0 Å². The number of benzene rings is 3. The van der Waals surface area contributed by atoms with Gasteiger partial charge in [0.2, 0.25) is 0 Å². The highest BCUT2D eigenvalue weighted by atomic mass is 35.5. The summed E-state index contributed by atoms with van der Waals surface area (Å²) in [5, 5.41) is 9.24. The molecule has 2 heterocycles. The molecule has 0 radical (unpaired) electrons. The van der Waals surface area contributed by atoms with Crippen molar-refractivity contribution in [2.24, 2.45) is 0 Å². The van der Waals surface area contributed by atoms with E-state index in [1.54, 1.807) is 48.7 Å². The molecule has 1 aromatic heterocycles. The maximum absolute atomic E-state index is 14.5. The highest BCUT2D eigenvalue weighted by Crippen LogP contribution is 2.29. The zero-order valence-corrected chi connectivity index (χ0v) is 19.3. The van der Waals surface area contributed by atoms with Crippen LogP contribution >= 0.6 is 11.6 Å². The van der Waals surface area contributed by atoms with Crippen molar-refractivity contribution >= 4 is 45.9 Å². The molecule has 1 fully saturated rings. The quantitative estimate of drug-likeness (QED) is 0.351. The lowest BCUT2D eigenvalue weighted by Crippen LogP contribution is -2.43. The summed E-state index contributed by atoms with van der Waals surface area (Å²) >= 11 is 5.86. The number of anilines is 3. The van der Waals surface area contributed by atoms with E-state index in [0.29, 0.717) is 33.2 Å². The first kappa shape index (κ1) is 22.8. The smallest absolute Gasteiger partial charge is 0.323 e. The second-order valence-electron chi connectivity index (χ2n) is 7.95. The number of nitrogens with one attached hydrogen (secondary N) is 3. The molecular formula is C25H22ClFN6O2. The van der Waals surface area contributed by atoms with Crippen LogP contribution in [0.3, 0.4) is 0 Å². The molecule has 0 bridgehead atoms. The third-order valence-corrected chi connectivity index (χ3v) is 5.71. The lowest BCUT2D eigenvalue weighted by Gasteiger charge is -2.28. The normalized spacial score (nSPS) is 13.5. The van der Waals surface area contributed by atoms with Crippen molar-refractivity contribution < 1.29 is 13.9 Å². The van der Waals surface area contributed by atoms with Crippen molar-refractivity contribution in [3.8, 4) is 11.5 Å². The van der Waals surface area contributed by atoms with Gasteiger partial charge in [-0.3, -0.25) is 4.98 Å². The number of rotatable bonds is 5. The Morgan fingerprint density at radius 3 is 2.51 bits per heavy atom. The number of halogens is 2. The largest absolute Gasteiger partial charge is 0.454 e. The summed E-state index contributed by atoms with van der Waals surface area (Å²) in [5.74, 6) is 0.612. The fourth-order valence-electron chi connectivity index (χ4n) is 3.70. The number of amides is 2. The van der Waals surface area contributed by atoms with E-state index < -0.39 is 11.8 Å². The molecule has 5 rings (SSSR count). The molecule has 1 aliphatic heterocycles. The Morgan fingerprint density at radius 2 is 1.71 bits per heavy atom. The van der Waals surface area contributed by atoms with Gasteiger partial charge in [-0.25, -0.2) is 14.2 Å². The number of hydrogen-bond donors (Lipinski definition) is 3. The van der Waals surface area contributed by atoms with Crippen LogP contribution in [0.25, 0.3) is 11.0 Å². The van der Waals surface area contributed by atoms with Crippen molar-refractivity contribution in [3.05, 3.63) is 77.7 Å². The molecule has 35 heavy (non-hydrogen) atoms. The van der Waals surface area contributed by atoms with Gasteiger partial charge in [0.05, 0.1) is 17.2 Å². The molecule has 1 saturated heterocycles. The van der Waals surface area contributed by atoms with Gasteiger partial charge in [0.25, 0.3) is 0 Å². The topological polar surface area (TPSA) is 91.4 Å². The number of ether oxygens (including phenoxy) is 1. The monoisotopic (exact) mass is 492 g/mol. The molecule has 0 spiro atoms. The van der Waals surface area contributed by atoms with Crippen molar-refractivity contribution in [1.82, 2.24) is 15.3 Å². The van der Waals surface area contributed by atoms with Crippen LogP contribution in [-0.4, -0.2) is 42.2 Å². The first-order valence-electron chi connectivity index (χ1n) is 11.1. The second kappa shape index (κ2) is 10.1. The van der Waals surface area contributed by atoms with E-state index in [9.17, 15) is 9.18 Å². The minimum Gasteiger partial charge on any atom is -0.454 e. The second-order valence-corrected chi connectivity index (χ2v) is 8.39. The summed E-state index contributed by atoms with van der Waals surface area (Å²) < 4.78 is 20.3. The zero-order chi connectivity index (χ0) is 24.2. The molecule has 0 atom stereocenters. The Bertz CT molecular complexity index is 1360. The Balaban J connectivity index is 1.31. The molecule has 4 aromatic rings. The fraction of sp³-hybridized carbons (Fsp3) is 0.160. The maximum atomic E-state index is 14.5. The van der Waals surface area contributed by atoms with E-state index in [1.807, 2.05) is 0 Å². The highest BCUT2D eigenvalue weighted by molar-refractivity contribution is 6.30. The number of aromatic nitrogens is 2. The molecule has 8 nitrogen and oxygen atoms in total. The van der Waals surface area contributed by atoms with E-state index in [-0.39, 0.29) is 5.75 Å². The van der Waals surface area contributed by atoms with Crippen LogP contribution in [0.5, 0.6) is 11.5 Å².